The van der Waals surface area contributed by atoms with Crippen LogP contribution in [0.1, 0.15) is 16.7 Å². The van der Waals surface area contributed by atoms with Gasteiger partial charge in [-0.3, -0.25) is 4.79 Å². The SMILES string of the molecule is Cl.O=C(O)C(Cc1c[nH]c2ccccc12)NCc1ccc(OCc2ccccc2)c(Br)c1. The second-order valence-electron chi connectivity index (χ2n) is 7.37. The summed E-state index contributed by atoms with van der Waals surface area (Å²) in [7, 11) is 0. The number of H-pyrrole nitrogens is 1. The fourth-order valence-corrected chi connectivity index (χ4v) is 4.06. The third-order valence-corrected chi connectivity index (χ3v) is 5.80. The highest BCUT2D eigenvalue weighted by Gasteiger charge is 2.19. The third kappa shape index (κ3) is 5.91. The molecule has 4 aromatic rings. The lowest BCUT2D eigenvalue weighted by Gasteiger charge is -2.15. The van der Waals surface area contributed by atoms with Crippen molar-refractivity contribution >= 4 is 45.2 Å². The summed E-state index contributed by atoms with van der Waals surface area (Å²) in [4.78, 5) is 15.0. The van der Waals surface area contributed by atoms with Gasteiger partial charge in [0.25, 0.3) is 0 Å². The Morgan fingerprint density at radius 3 is 2.53 bits per heavy atom. The number of carboxylic acids is 1. The minimum atomic E-state index is -0.868. The molecule has 3 aromatic carbocycles. The highest BCUT2D eigenvalue weighted by atomic mass is 79.9. The first-order chi connectivity index (χ1) is 15.1. The minimum absolute atomic E-state index is 0. The number of carbonyl (C=O) groups is 1. The molecule has 0 radical (unpaired) electrons. The second kappa shape index (κ2) is 11.2. The van der Waals surface area contributed by atoms with Crippen molar-refractivity contribution in [2.75, 3.05) is 0 Å². The molecule has 3 N–H and O–H groups in total. The van der Waals surface area contributed by atoms with E-state index in [0.717, 1.165) is 37.8 Å². The number of halogens is 2. The molecule has 7 heteroatoms. The summed E-state index contributed by atoms with van der Waals surface area (Å²) in [5.74, 6) is -0.117. The van der Waals surface area contributed by atoms with Gasteiger partial charge in [0.05, 0.1) is 4.47 Å². The summed E-state index contributed by atoms with van der Waals surface area (Å²) in [5, 5.41) is 13.9. The average Bonchev–Trinajstić information content (AvgIpc) is 3.19. The van der Waals surface area contributed by atoms with Crippen molar-refractivity contribution in [1.82, 2.24) is 10.3 Å². The molecule has 0 spiro atoms. The fraction of sp³-hybridized carbons (Fsp3) is 0.160. The van der Waals surface area contributed by atoms with Gasteiger partial charge in [-0.05, 0) is 50.8 Å². The molecule has 1 unspecified atom stereocenters. The number of ether oxygens (including phenoxy) is 1. The van der Waals surface area contributed by atoms with Gasteiger partial charge >= 0.3 is 5.97 Å². The normalized spacial score (nSPS) is 11.7. The van der Waals surface area contributed by atoms with Crippen LogP contribution < -0.4 is 10.1 Å². The van der Waals surface area contributed by atoms with Gasteiger partial charge in [-0.15, -0.1) is 12.4 Å². The van der Waals surface area contributed by atoms with Crippen LogP contribution in [0.5, 0.6) is 5.75 Å². The predicted octanol–water partition coefficient (Wildman–Crippen LogP) is 5.72. The monoisotopic (exact) mass is 514 g/mol. The van der Waals surface area contributed by atoms with Gasteiger partial charge in [0.2, 0.25) is 0 Å². The molecule has 5 nitrogen and oxygen atoms in total. The molecule has 166 valence electrons. The Kier molecular flexibility index (Phi) is 8.33. The van der Waals surface area contributed by atoms with Gasteiger partial charge in [0.15, 0.2) is 0 Å². The van der Waals surface area contributed by atoms with Crippen LogP contribution in [0.4, 0.5) is 0 Å². The Labute approximate surface area is 201 Å². The minimum Gasteiger partial charge on any atom is -0.488 e. The number of aromatic amines is 1. The van der Waals surface area contributed by atoms with Crippen LogP contribution in [0, 0.1) is 0 Å². The van der Waals surface area contributed by atoms with Crippen LogP contribution in [0.3, 0.4) is 0 Å². The molecule has 0 aliphatic heterocycles. The topological polar surface area (TPSA) is 74.3 Å². The maximum Gasteiger partial charge on any atom is 0.321 e. The Bertz CT molecular complexity index is 1180. The number of aromatic nitrogens is 1. The lowest BCUT2D eigenvalue weighted by atomic mass is 10.0. The number of hydrogen-bond donors (Lipinski definition) is 3. The van der Waals surface area contributed by atoms with E-state index in [0.29, 0.717) is 19.6 Å². The van der Waals surface area contributed by atoms with Crippen molar-refractivity contribution in [2.45, 2.75) is 25.6 Å². The maximum atomic E-state index is 11.8. The zero-order chi connectivity index (χ0) is 21.6. The summed E-state index contributed by atoms with van der Waals surface area (Å²) in [5.41, 5.74) is 4.07. The smallest absolute Gasteiger partial charge is 0.321 e. The summed E-state index contributed by atoms with van der Waals surface area (Å²) < 4.78 is 6.73. The van der Waals surface area contributed by atoms with Crippen LogP contribution in [0.2, 0.25) is 0 Å². The van der Waals surface area contributed by atoms with E-state index in [-0.39, 0.29) is 12.4 Å². The molecule has 1 atom stereocenters. The quantitative estimate of drug-likeness (QED) is 0.267. The standard InChI is InChI=1S/C25H23BrN2O3.ClH/c26-21-12-18(10-11-24(21)31-16-17-6-2-1-3-7-17)14-27-23(25(29)30)13-19-15-28-22-9-5-4-8-20(19)22;/h1-12,15,23,27-28H,13-14,16H2,(H,29,30);1H. The molecule has 0 aliphatic carbocycles. The molecular weight excluding hydrogens is 492 g/mol. The van der Waals surface area contributed by atoms with Gasteiger partial charge in [-0.2, -0.15) is 0 Å². The van der Waals surface area contributed by atoms with E-state index in [1.807, 2.05) is 79.0 Å². The highest BCUT2D eigenvalue weighted by molar-refractivity contribution is 9.10. The Balaban J connectivity index is 0.00000289. The number of nitrogens with one attached hydrogen (secondary N) is 2. The molecule has 0 amide bonds. The first-order valence-electron chi connectivity index (χ1n) is 10.1. The van der Waals surface area contributed by atoms with Crippen LogP contribution in [0.15, 0.2) is 83.5 Å². The van der Waals surface area contributed by atoms with E-state index in [4.69, 9.17) is 4.74 Å². The van der Waals surface area contributed by atoms with E-state index >= 15 is 0 Å². The van der Waals surface area contributed by atoms with Crippen molar-refractivity contribution in [3.63, 3.8) is 0 Å². The molecule has 0 saturated heterocycles. The fourth-order valence-electron chi connectivity index (χ4n) is 3.51. The highest BCUT2D eigenvalue weighted by Crippen LogP contribution is 2.27. The van der Waals surface area contributed by atoms with Gasteiger partial charge in [-0.25, -0.2) is 0 Å². The largest absolute Gasteiger partial charge is 0.488 e. The van der Waals surface area contributed by atoms with Gasteiger partial charge in [-0.1, -0.05) is 54.6 Å². The van der Waals surface area contributed by atoms with E-state index in [1.54, 1.807) is 0 Å². The van der Waals surface area contributed by atoms with E-state index < -0.39 is 12.0 Å². The number of hydrogen-bond acceptors (Lipinski definition) is 3. The average molecular weight is 516 g/mol. The number of carboxylic acid groups (broad SMARTS) is 1. The maximum absolute atomic E-state index is 11.8. The number of fused-ring (bicyclic) bond motifs is 1. The van der Waals surface area contributed by atoms with Crippen molar-refractivity contribution in [3.8, 4) is 5.75 Å². The summed E-state index contributed by atoms with van der Waals surface area (Å²) in [6.07, 6.45) is 2.29. The Morgan fingerprint density at radius 1 is 1.03 bits per heavy atom. The lowest BCUT2D eigenvalue weighted by Crippen LogP contribution is -2.38. The van der Waals surface area contributed by atoms with Crippen LogP contribution in [-0.2, 0) is 24.4 Å². The van der Waals surface area contributed by atoms with Crippen LogP contribution in [-0.4, -0.2) is 22.1 Å². The summed E-state index contributed by atoms with van der Waals surface area (Å²) in [6.45, 7) is 0.930. The zero-order valence-electron chi connectivity index (χ0n) is 17.3. The molecule has 4 rings (SSSR count). The first kappa shape index (κ1) is 23.9. The van der Waals surface area contributed by atoms with Gasteiger partial charge in [0.1, 0.15) is 18.4 Å². The van der Waals surface area contributed by atoms with Crippen molar-refractivity contribution in [3.05, 3.63) is 100 Å². The predicted molar refractivity (Wildman–Crippen MR) is 132 cm³/mol. The third-order valence-electron chi connectivity index (χ3n) is 5.18. The van der Waals surface area contributed by atoms with E-state index in [2.05, 4.69) is 26.2 Å². The summed E-state index contributed by atoms with van der Waals surface area (Å²) in [6, 6.07) is 23.0. The van der Waals surface area contributed by atoms with Crippen LogP contribution in [0.25, 0.3) is 10.9 Å². The van der Waals surface area contributed by atoms with Crippen molar-refractivity contribution in [1.29, 1.82) is 0 Å². The number of benzene rings is 3. The van der Waals surface area contributed by atoms with Crippen LogP contribution >= 0.6 is 28.3 Å². The van der Waals surface area contributed by atoms with Gasteiger partial charge < -0.3 is 20.1 Å². The molecule has 1 aromatic heterocycles. The van der Waals surface area contributed by atoms with Crippen molar-refractivity contribution in [2.24, 2.45) is 0 Å². The second-order valence-corrected chi connectivity index (χ2v) is 8.23. The lowest BCUT2D eigenvalue weighted by molar-refractivity contribution is -0.139. The Morgan fingerprint density at radius 2 is 1.78 bits per heavy atom. The molecule has 32 heavy (non-hydrogen) atoms. The van der Waals surface area contributed by atoms with E-state index in [1.165, 1.54) is 0 Å². The molecular formula is C25H24BrClN2O3. The Hall–Kier alpha value is -2.80. The molecule has 1 heterocycles. The number of aliphatic carboxylic acids is 1. The molecule has 0 saturated carbocycles. The molecule has 0 bridgehead atoms. The van der Waals surface area contributed by atoms with Gasteiger partial charge in [0, 0.05) is 30.1 Å². The zero-order valence-corrected chi connectivity index (χ0v) is 19.7. The first-order valence-corrected chi connectivity index (χ1v) is 10.9. The van der Waals surface area contributed by atoms with E-state index in [9.17, 15) is 9.90 Å². The number of para-hydroxylation sites is 1. The molecule has 0 fully saturated rings. The van der Waals surface area contributed by atoms with Crippen molar-refractivity contribution < 1.29 is 14.6 Å². The number of rotatable bonds is 9. The summed E-state index contributed by atoms with van der Waals surface area (Å²) >= 11 is 3.56. The molecule has 0 aliphatic rings.